The van der Waals surface area contributed by atoms with E-state index in [0.717, 1.165) is 122 Å². The molecule has 0 saturated carbocycles. The number of carbonyl (C=O) groups is 3. The Balaban J connectivity index is 4.52. The molecule has 6 nitrogen and oxygen atoms in total. The van der Waals surface area contributed by atoms with E-state index >= 15 is 0 Å². The topological polar surface area (TPSA) is 78.9 Å². The highest BCUT2D eigenvalue weighted by molar-refractivity contribution is 5.71. The highest BCUT2D eigenvalue weighted by atomic mass is 16.6. The van der Waals surface area contributed by atoms with Gasteiger partial charge in [-0.1, -0.05) is 207 Å². The van der Waals surface area contributed by atoms with E-state index in [4.69, 9.17) is 14.2 Å². The number of ether oxygens (including phenoxy) is 3. The van der Waals surface area contributed by atoms with Crippen LogP contribution >= 0.6 is 0 Å². The molecule has 0 saturated heterocycles. The lowest BCUT2D eigenvalue weighted by Gasteiger charge is -2.18. The lowest BCUT2D eigenvalue weighted by molar-refractivity contribution is -0.167. The van der Waals surface area contributed by atoms with E-state index in [-0.39, 0.29) is 37.5 Å². The van der Waals surface area contributed by atoms with Crippen LogP contribution < -0.4 is 0 Å². The first-order valence-corrected chi connectivity index (χ1v) is 28.4. The molecular formula is C63H104O6. The number of esters is 3. The van der Waals surface area contributed by atoms with Crippen LogP contribution in [0.2, 0.25) is 0 Å². The van der Waals surface area contributed by atoms with E-state index in [1.165, 1.54) is 89.9 Å². The Labute approximate surface area is 425 Å². The lowest BCUT2D eigenvalue weighted by atomic mass is 10.1. The minimum Gasteiger partial charge on any atom is -0.462 e. The second-order valence-corrected chi connectivity index (χ2v) is 18.5. The molecule has 0 fully saturated rings. The second-order valence-electron chi connectivity index (χ2n) is 18.5. The van der Waals surface area contributed by atoms with Crippen molar-refractivity contribution in [3.05, 3.63) is 109 Å². The predicted molar refractivity (Wildman–Crippen MR) is 297 cm³/mol. The Morgan fingerprint density at radius 1 is 0.290 bits per heavy atom. The molecule has 0 unspecified atom stereocenters. The van der Waals surface area contributed by atoms with Crippen LogP contribution in [0, 0.1) is 0 Å². The minimum atomic E-state index is -0.814. The molecule has 0 aromatic carbocycles. The van der Waals surface area contributed by atoms with Crippen LogP contribution in [0.1, 0.15) is 252 Å². The van der Waals surface area contributed by atoms with Gasteiger partial charge in [0.2, 0.25) is 0 Å². The van der Waals surface area contributed by atoms with Crippen molar-refractivity contribution in [3.8, 4) is 0 Å². The Kier molecular flexibility index (Phi) is 53.4. The molecule has 0 aliphatic rings. The average molecular weight is 958 g/mol. The van der Waals surface area contributed by atoms with Gasteiger partial charge in [-0.05, 0) is 135 Å². The van der Waals surface area contributed by atoms with E-state index < -0.39 is 6.10 Å². The normalized spacial score (nSPS) is 12.9. The molecule has 0 heterocycles. The van der Waals surface area contributed by atoms with Crippen molar-refractivity contribution in [2.75, 3.05) is 13.2 Å². The van der Waals surface area contributed by atoms with Crippen LogP contribution in [0.4, 0.5) is 0 Å². The van der Waals surface area contributed by atoms with Crippen LogP contribution in [0.5, 0.6) is 0 Å². The van der Waals surface area contributed by atoms with Gasteiger partial charge in [0.05, 0.1) is 0 Å². The van der Waals surface area contributed by atoms with E-state index in [9.17, 15) is 14.4 Å². The smallest absolute Gasteiger partial charge is 0.306 e. The second kappa shape index (κ2) is 56.7. The molecule has 1 atom stereocenters. The third kappa shape index (κ3) is 54.9. The summed E-state index contributed by atoms with van der Waals surface area (Å²) in [7, 11) is 0. The van der Waals surface area contributed by atoms with Gasteiger partial charge in [0, 0.05) is 19.3 Å². The number of hydrogen-bond donors (Lipinski definition) is 0. The monoisotopic (exact) mass is 957 g/mol. The van der Waals surface area contributed by atoms with E-state index in [0.29, 0.717) is 12.8 Å². The fraction of sp³-hybridized carbons (Fsp3) is 0.667. The van der Waals surface area contributed by atoms with Crippen LogP contribution in [0.3, 0.4) is 0 Å². The van der Waals surface area contributed by atoms with Crippen LogP contribution in [0.25, 0.3) is 0 Å². The Morgan fingerprint density at radius 3 is 0.870 bits per heavy atom. The SMILES string of the molecule is CCCCC/C=C\C/C=C\C/C=C\C/C=C\CCCCCC(=O)OC[C@H](COC(=O)CCCCCCC/C=C\CCCCCC)OC(=O)CCCCC/C=C\C/C=C\C/C=C\C/C=C\CCCCC. The molecule has 69 heavy (non-hydrogen) atoms. The molecule has 0 amide bonds. The molecule has 0 rings (SSSR count). The standard InChI is InChI=1S/C63H104O6/c1-4-7-10-13-16-19-22-25-27-29-31-33-35-38-41-44-47-50-53-56-62(65)68-59-60(58-67-61(64)55-52-49-46-43-40-37-24-21-18-15-12-9-6-3)69-63(66)57-54-51-48-45-42-39-36-34-32-30-28-26-23-20-17-14-11-8-5-2/h16-17,19-21,24-28,31-34,38-39,41-42,60H,4-15,18,22-23,29-30,35-37,40,43-59H2,1-3H3/b19-16-,20-17-,24-21-,27-25-,28-26-,33-31-,34-32-,41-38-,42-39-/t60-/m0/s1. The summed E-state index contributed by atoms with van der Waals surface area (Å²) in [5, 5.41) is 0. The molecule has 0 aromatic rings. The molecule has 0 aromatic heterocycles. The molecule has 0 aliphatic heterocycles. The Bertz CT molecular complexity index is 1420. The third-order valence-corrected chi connectivity index (χ3v) is 11.7. The molecule has 0 bridgehead atoms. The average Bonchev–Trinajstić information content (AvgIpc) is 3.35. The van der Waals surface area contributed by atoms with E-state index in [2.05, 4.69) is 130 Å². The summed E-state index contributed by atoms with van der Waals surface area (Å²) in [5.41, 5.74) is 0. The zero-order valence-electron chi connectivity index (χ0n) is 44.8. The molecule has 0 aliphatic carbocycles. The van der Waals surface area contributed by atoms with Crippen molar-refractivity contribution in [1.82, 2.24) is 0 Å². The maximum atomic E-state index is 12.8. The van der Waals surface area contributed by atoms with Gasteiger partial charge < -0.3 is 14.2 Å². The van der Waals surface area contributed by atoms with Gasteiger partial charge in [-0.25, -0.2) is 0 Å². The van der Waals surface area contributed by atoms with Gasteiger partial charge in [0.1, 0.15) is 13.2 Å². The first-order valence-electron chi connectivity index (χ1n) is 28.4. The highest BCUT2D eigenvalue weighted by Gasteiger charge is 2.19. The minimum absolute atomic E-state index is 0.107. The number of unbranched alkanes of at least 4 members (excludes halogenated alkanes) is 21. The van der Waals surface area contributed by atoms with Crippen LogP contribution in [-0.4, -0.2) is 37.2 Å². The molecule has 0 spiro atoms. The summed E-state index contributed by atoms with van der Waals surface area (Å²) in [6.45, 7) is 6.50. The molecule has 0 N–H and O–H groups in total. The molecule has 6 heteroatoms. The maximum absolute atomic E-state index is 12.8. The van der Waals surface area contributed by atoms with Gasteiger partial charge in [-0.3, -0.25) is 14.4 Å². The quantitative estimate of drug-likeness (QED) is 0.0262. The van der Waals surface area contributed by atoms with Crippen molar-refractivity contribution in [2.24, 2.45) is 0 Å². The van der Waals surface area contributed by atoms with Crippen molar-refractivity contribution in [1.29, 1.82) is 0 Å². The summed E-state index contributed by atoms with van der Waals surface area (Å²) < 4.78 is 16.8. The van der Waals surface area contributed by atoms with Crippen molar-refractivity contribution >= 4 is 17.9 Å². The van der Waals surface area contributed by atoms with E-state index in [1.54, 1.807) is 0 Å². The number of hydrogen-bond acceptors (Lipinski definition) is 6. The summed E-state index contributed by atoms with van der Waals surface area (Å²) in [6, 6.07) is 0. The summed E-state index contributed by atoms with van der Waals surface area (Å²) in [5.74, 6) is -0.980. The zero-order chi connectivity index (χ0) is 50.0. The molecule has 392 valence electrons. The predicted octanol–water partition coefficient (Wildman–Crippen LogP) is 19.1. The molecule has 0 radical (unpaired) electrons. The highest BCUT2D eigenvalue weighted by Crippen LogP contribution is 2.13. The van der Waals surface area contributed by atoms with Crippen molar-refractivity contribution in [2.45, 2.75) is 258 Å². The summed E-state index contributed by atoms with van der Waals surface area (Å²) >= 11 is 0. The fourth-order valence-electron chi connectivity index (χ4n) is 7.40. The summed E-state index contributed by atoms with van der Waals surface area (Å²) in [4.78, 5) is 38.1. The van der Waals surface area contributed by atoms with Crippen LogP contribution in [-0.2, 0) is 28.6 Å². The first kappa shape index (κ1) is 65.1. The third-order valence-electron chi connectivity index (χ3n) is 11.7. The van der Waals surface area contributed by atoms with Crippen molar-refractivity contribution < 1.29 is 28.6 Å². The fourth-order valence-corrected chi connectivity index (χ4v) is 7.40. The van der Waals surface area contributed by atoms with Gasteiger partial charge >= 0.3 is 17.9 Å². The van der Waals surface area contributed by atoms with Gasteiger partial charge in [0.25, 0.3) is 0 Å². The van der Waals surface area contributed by atoms with Gasteiger partial charge in [-0.2, -0.15) is 0 Å². The van der Waals surface area contributed by atoms with Gasteiger partial charge in [-0.15, -0.1) is 0 Å². The Hall–Kier alpha value is -3.93. The maximum Gasteiger partial charge on any atom is 0.306 e. The van der Waals surface area contributed by atoms with E-state index in [1.807, 2.05) is 0 Å². The molecular weight excluding hydrogens is 853 g/mol. The van der Waals surface area contributed by atoms with Crippen molar-refractivity contribution in [3.63, 3.8) is 0 Å². The lowest BCUT2D eigenvalue weighted by Crippen LogP contribution is -2.30. The Morgan fingerprint density at radius 2 is 0.522 bits per heavy atom. The number of carbonyl (C=O) groups excluding carboxylic acids is 3. The number of allylic oxidation sites excluding steroid dienone is 18. The summed E-state index contributed by atoms with van der Waals surface area (Å²) in [6.07, 6.45) is 76.4. The largest absolute Gasteiger partial charge is 0.462 e. The van der Waals surface area contributed by atoms with Gasteiger partial charge in [0.15, 0.2) is 6.10 Å². The number of rotatable bonds is 50. The zero-order valence-corrected chi connectivity index (χ0v) is 44.8. The first-order chi connectivity index (χ1) is 34.0. The van der Waals surface area contributed by atoms with Crippen LogP contribution in [0.15, 0.2) is 109 Å².